The van der Waals surface area contributed by atoms with E-state index in [2.05, 4.69) is 0 Å². The Morgan fingerprint density at radius 2 is 1.71 bits per heavy atom. The Hall–Kier alpha value is -3.66. The van der Waals surface area contributed by atoms with Crippen LogP contribution in [0.1, 0.15) is 68.1 Å². The fraction of sp³-hybridized carbons (Fsp3) is 0.548. The topological polar surface area (TPSA) is 189 Å². The zero-order valence-electron chi connectivity index (χ0n) is 30.8. The van der Waals surface area contributed by atoms with Crippen LogP contribution in [0.25, 0.3) is 0 Å². The molecule has 12 nitrogen and oxygen atoms in total. The van der Waals surface area contributed by atoms with Crippen LogP contribution in [0.4, 0.5) is 4.39 Å². The van der Waals surface area contributed by atoms with Crippen molar-refractivity contribution in [1.82, 2.24) is 0 Å². The Balaban J connectivity index is 1.11. The van der Waals surface area contributed by atoms with Crippen LogP contribution in [-0.2, 0) is 39.8 Å². The SMILES string of the molecule is Cc1ccc(Cc2ccc([C@@H]3O[C@@H]4C[C@H]5[C@@H]6CCC7=CC(=O)C=C[C@]7(C)[C@H]6[C@@H](O)C[C@]5(C)[C@]4(C(=O)CO[C@@H]4O[C@H](C(=O)O)[C@@H](O)[C@H](O)[C@H]4O)O3)c(F)c2)cc1. The second-order valence-electron chi connectivity index (χ2n) is 16.7. The first-order chi connectivity index (χ1) is 26.1. The molecule has 2 aromatic carbocycles. The maximum Gasteiger partial charge on any atom is 0.335 e. The first-order valence-electron chi connectivity index (χ1n) is 18.9. The second-order valence-corrected chi connectivity index (χ2v) is 16.7. The predicted molar refractivity (Wildman–Crippen MR) is 190 cm³/mol. The van der Waals surface area contributed by atoms with Gasteiger partial charge in [0.1, 0.15) is 30.7 Å². The van der Waals surface area contributed by atoms with Gasteiger partial charge in [0.25, 0.3) is 0 Å². The number of hydrogen-bond acceptors (Lipinski definition) is 11. The lowest BCUT2D eigenvalue weighted by molar-refractivity contribution is -0.293. The van der Waals surface area contributed by atoms with Crippen LogP contribution >= 0.6 is 0 Å². The number of fused-ring (bicyclic) bond motifs is 7. The molecule has 2 heterocycles. The summed E-state index contributed by atoms with van der Waals surface area (Å²) in [7, 11) is 0. The number of hydrogen-bond donors (Lipinski definition) is 5. The highest BCUT2D eigenvalue weighted by Crippen LogP contribution is 2.70. The lowest BCUT2D eigenvalue weighted by Gasteiger charge is -2.59. The Bertz CT molecular complexity index is 1950. The molecule has 0 amide bonds. The molecule has 14 atom stereocenters. The number of carbonyl (C=O) groups is 3. The maximum absolute atomic E-state index is 16.0. The van der Waals surface area contributed by atoms with Crippen molar-refractivity contribution in [3.05, 3.63) is 94.3 Å². The summed E-state index contributed by atoms with van der Waals surface area (Å²) in [5, 5.41) is 52.8. The fourth-order valence-electron chi connectivity index (χ4n) is 11.0. The number of Topliss-reactive ketones (excluding diaryl/α,β-unsaturated/α-hetero) is 1. The summed E-state index contributed by atoms with van der Waals surface area (Å²) >= 11 is 0. The minimum absolute atomic E-state index is 0.0898. The van der Waals surface area contributed by atoms with Gasteiger partial charge in [0, 0.05) is 22.3 Å². The summed E-state index contributed by atoms with van der Waals surface area (Å²) in [6.07, 6.45) is -5.36. The summed E-state index contributed by atoms with van der Waals surface area (Å²) in [6.45, 7) is 5.12. The van der Waals surface area contributed by atoms with Gasteiger partial charge in [0.2, 0.25) is 0 Å². The molecule has 4 aliphatic carbocycles. The van der Waals surface area contributed by atoms with Crippen molar-refractivity contribution in [2.75, 3.05) is 6.61 Å². The molecular formula is C42H47FO12. The highest BCUT2D eigenvalue weighted by atomic mass is 19.1. The molecular weight excluding hydrogens is 715 g/mol. The number of aryl methyl sites for hydroxylation is 1. The molecule has 0 radical (unpaired) electrons. The van der Waals surface area contributed by atoms with Gasteiger partial charge in [-0.05, 0) is 80.2 Å². The minimum Gasteiger partial charge on any atom is -0.479 e. The third-order valence-electron chi connectivity index (χ3n) is 13.7. The normalized spacial score (nSPS) is 41.9. The molecule has 2 saturated heterocycles. The third kappa shape index (κ3) is 5.97. The number of carboxylic acid groups (broad SMARTS) is 1. The fourth-order valence-corrected chi connectivity index (χ4v) is 11.0. The zero-order valence-corrected chi connectivity index (χ0v) is 30.8. The molecule has 6 aliphatic rings. The molecule has 2 aromatic rings. The van der Waals surface area contributed by atoms with E-state index >= 15 is 4.39 Å². The van der Waals surface area contributed by atoms with Crippen LogP contribution < -0.4 is 0 Å². The van der Waals surface area contributed by atoms with Crippen LogP contribution in [0.5, 0.6) is 0 Å². The molecule has 0 bridgehead atoms. The predicted octanol–water partition coefficient (Wildman–Crippen LogP) is 3.24. The third-order valence-corrected chi connectivity index (χ3v) is 13.7. The standard InChI is InChI=1S/C42H47FO12/c1-20-4-6-21(7-5-20)14-22-8-10-26(28(43)15-22)38-53-31-17-27-25-11-9-23-16-24(44)12-13-40(23,2)32(25)29(45)18-41(27,3)42(31,55-38)30(46)19-52-39-35(49)33(47)34(48)36(54-39)37(50)51/h4-8,10,12-13,15-16,25,27,29,31-36,38-39,45,47-49H,9,11,14,17-19H2,1-3H3,(H,50,51)/t25-,27-,29-,31+,32+,33-,34-,35+,36-,38+,39+,40-,41-,42+/m0/s1. The van der Waals surface area contributed by atoms with Gasteiger partial charge in [-0.15, -0.1) is 0 Å². The van der Waals surface area contributed by atoms with E-state index in [0.717, 1.165) is 22.3 Å². The first kappa shape index (κ1) is 38.2. The van der Waals surface area contributed by atoms with E-state index < -0.39 is 89.8 Å². The molecule has 5 N–H and O–H groups in total. The number of rotatable bonds is 8. The molecule has 2 aliphatic heterocycles. The van der Waals surface area contributed by atoms with Crippen LogP contribution in [-0.4, -0.2) is 98.2 Å². The Morgan fingerprint density at radius 3 is 2.42 bits per heavy atom. The van der Waals surface area contributed by atoms with Crippen LogP contribution in [0.3, 0.4) is 0 Å². The van der Waals surface area contributed by atoms with Crippen molar-refractivity contribution in [3.63, 3.8) is 0 Å². The van der Waals surface area contributed by atoms with Crippen molar-refractivity contribution in [3.8, 4) is 0 Å². The summed E-state index contributed by atoms with van der Waals surface area (Å²) in [5.41, 5.74) is 0.462. The van der Waals surface area contributed by atoms with E-state index in [1.807, 2.05) is 51.1 Å². The number of allylic oxidation sites excluding steroid dienone is 4. The van der Waals surface area contributed by atoms with Crippen LogP contribution in [0, 0.1) is 41.3 Å². The molecule has 3 saturated carbocycles. The average Bonchev–Trinajstić information content (AvgIpc) is 3.64. The van der Waals surface area contributed by atoms with Crippen LogP contribution in [0.2, 0.25) is 0 Å². The highest BCUT2D eigenvalue weighted by Gasteiger charge is 2.76. The maximum atomic E-state index is 16.0. The smallest absolute Gasteiger partial charge is 0.335 e. The zero-order chi connectivity index (χ0) is 39.2. The minimum atomic E-state index is -1.95. The molecule has 0 unspecified atom stereocenters. The van der Waals surface area contributed by atoms with E-state index in [-0.39, 0.29) is 35.5 Å². The summed E-state index contributed by atoms with van der Waals surface area (Å²) < 4.78 is 40.3. The number of carboxylic acids is 1. The van der Waals surface area contributed by atoms with Gasteiger partial charge in [-0.1, -0.05) is 67.5 Å². The van der Waals surface area contributed by atoms with Gasteiger partial charge in [-0.3, -0.25) is 9.59 Å². The molecule has 55 heavy (non-hydrogen) atoms. The van der Waals surface area contributed by atoms with Gasteiger partial charge in [0.15, 0.2) is 35.9 Å². The quantitative estimate of drug-likeness (QED) is 0.265. The lowest BCUT2D eigenvalue weighted by atomic mass is 9.46. The number of ketones is 2. The van der Waals surface area contributed by atoms with Crippen molar-refractivity contribution >= 4 is 17.5 Å². The van der Waals surface area contributed by atoms with Gasteiger partial charge in [-0.25, -0.2) is 9.18 Å². The van der Waals surface area contributed by atoms with Crippen molar-refractivity contribution in [2.45, 2.75) is 108 Å². The van der Waals surface area contributed by atoms with Crippen molar-refractivity contribution < 1.29 is 63.3 Å². The summed E-state index contributed by atoms with van der Waals surface area (Å²) in [4.78, 5) is 38.9. The highest BCUT2D eigenvalue weighted by molar-refractivity contribution is 6.01. The summed E-state index contributed by atoms with van der Waals surface area (Å²) in [5.74, 6) is -3.51. The molecule has 8 rings (SSSR count). The monoisotopic (exact) mass is 762 g/mol. The Morgan fingerprint density at radius 1 is 0.982 bits per heavy atom. The average molecular weight is 763 g/mol. The van der Waals surface area contributed by atoms with E-state index in [9.17, 15) is 39.9 Å². The van der Waals surface area contributed by atoms with Gasteiger partial charge in [-0.2, -0.15) is 0 Å². The first-order valence-corrected chi connectivity index (χ1v) is 18.9. The Labute approximate surface area is 317 Å². The molecule has 5 fully saturated rings. The molecule has 13 heteroatoms. The van der Waals surface area contributed by atoms with E-state index in [4.69, 9.17) is 18.9 Å². The number of aliphatic hydroxyl groups is 4. The summed E-state index contributed by atoms with van der Waals surface area (Å²) in [6, 6.07) is 12.7. The lowest BCUT2D eigenvalue weighted by Crippen LogP contribution is -2.64. The van der Waals surface area contributed by atoms with Crippen molar-refractivity contribution in [2.24, 2.45) is 28.6 Å². The Kier molecular flexibility index (Phi) is 9.57. The van der Waals surface area contributed by atoms with E-state index in [0.29, 0.717) is 25.7 Å². The van der Waals surface area contributed by atoms with Gasteiger partial charge < -0.3 is 44.5 Å². The number of ether oxygens (including phenoxy) is 4. The largest absolute Gasteiger partial charge is 0.479 e. The number of aliphatic hydroxyl groups excluding tert-OH is 4. The van der Waals surface area contributed by atoms with Gasteiger partial charge in [0.05, 0.1) is 12.2 Å². The number of carbonyl (C=O) groups excluding carboxylic acids is 2. The second kappa shape index (κ2) is 13.8. The van der Waals surface area contributed by atoms with E-state index in [1.54, 1.807) is 24.3 Å². The number of benzene rings is 2. The number of aliphatic carboxylic acids is 1. The van der Waals surface area contributed by atoms with Crippen molar-refractivity contribution in [1.29, 1.82) is 0 Å². The molecule has 0 aromatic heterocycles. The number of halogens is 1. The van der Waals surface area contributed by atoms with Crippen LogP contribution in [0.15, 0.2) is 66.3 Å². The molecule has 0 spiro atoms. The van der Waals surface area contributed by atoms with Gasteiger partial charge >= 0.3 is 5.97 Å². The van der Waals surface area contributed by atoms with E-state index in [1.165, 1.54) is 6.07 Å². The molecule has 294 valence electrons.